The number of nitrogens with one attached hydrogen (secondary N) is 1. The van der Waals surface area contributed by atoms with Gasteiger partial charge in [-0.1, -0.05) is 75.6 Å². The van der Waals surface area contributed by atoms with E-state index in [0.29, 0.717) is 26.9 Å². The van der Waals surface area contributed by atoms with E-state index in [1.165, 1.54) is 12.1 Å². The molecule has 8 rings (SSSR count). The number of halogens is 1. The van der Waals surface area contributed by atoms with Gasteiger partial charge in [0.15, 0.2) is 0 Å². The fourth-order valence-electron chi connectivity index (χ4n) is 8.94. The zero-order valence-corrected chi connectivity index (χ0v) is 29.3. The number of phenolic OH excluding ortho intramolecular Hbond substituents is 1. The molecule has 2 aliphatic heterocycles. The summed E-state index contributed by atoms with van der Waals surface area (Å²) in [4.78, 5) is 71.0. The Hall–Kier alpha value is -5.75. The van der Waals surface area contributed by atoms with Gasteiger partial charge >= 0.3 is 5.97 Å². The van der Waals surface area contributed by atoms with Crippen LogP contribution in [0.1, 0.15) is 45.8 Å². The van der Waals surface area contributed by atoms with E-state index in [1.807, 2.05) is 31.2 Å². The number of nitrogens with zero attached hydrogens (tertiary/aromatic N) is 2. The summed E-state index contributed by atoms with van der Waals surface area (Å²) in [5.74, 6) is -8.48. The molecule has 12 heteroatoms. The van der Waals surface area contributed by atoms with E-state index >= 15 is 4.79 Å². The average Bonchev–Trinajstić information content (AvgIpc) is 3.51. The molecule has 6 atom stereocenters. The molecular formula is C40H32BrN3O8. The van der Waals surface area contributed by atoms with Gasteiger partial charge in [-0.2, -0.15) is 5.01 Å². The molecule has 4 aliphatic rings. The molecule has 4 N–H and O–H groups in total. The molecule has 52 heavy (non-hydrogen) atoms. The third kappa shape index (κ3) is 4.80. The van der Waals surface area contributed by atoms with Gasteiger partial charge in [0.25, 0.3) is 11.8 Å². The lowest BCUT2D eigenvalue weighted by Gasteiger charge is -2.50. The number of hydrogen-bond donors (Lipinski definition) is 4. The maximum Gasteiger partial charge on any atom is 0.339 e. The summed E-state index contributed by atoms with van der Waals surface area (Å²) in [6.07, 6.45) is 2.08. The number of phenols is 2. The van der Waals surface area contributed by atoms with Crippen molar-refractivity contribution < 1.29 is 39.3 Å². The summed E-state index contributed by atoms with van der Waals surface area (Å²) < 4.78 is 0.630. The number of aromatic carboxylic acids is 1. The summed E-state index contributed by atoms with van der Waals surface area (Å²) in [7, 11) is 0. The van der Waals surface area contributed by atoms with Crippen LogP contribution in [-0.2, 0) is 24.6 Å². The van der Waals surface area contributed by atoms with E-state index < -0.39 is 70.4 Å². The largest absolute Gasteiger partial charge is 0.508 e. The predicted octanol–water partition coefficient (Wildman–Crippen LogP) is 6.06. The maximum absolute atomic E-state index is 15.2. The van der Waals surface area contributed by atoms with Crippen LogP contribution in [0.2, 0.25) is 0 Å². The second kappa shape index (κ2) is 12.2. The monoisotopic (exact) mass is 761 g/mol. The van der Waals surface area contributed by atoms with Crippen LogP contribution >= 0.6 is 15.9 Å². The molecule has 11 nitrogen and oxygen atoms in total. The number of aryl methyl sites for hydroxylation is 1. The fraction of sp³-hybridized carbons (Fsp3) is 0.225. The van der Waals surface area contributed by atoms with Gasteiger partial charge in [-0.3, -0.25) is 24.6 Å². The zero-order chi connectivity index (χ0) is 36.6. The van der Waals surface area contributed by atoms with Gasteiger partial charge < -0.3 is 15.3 Å². The van der Waals surface area contributed by atoms with Crippen molar-refractivity contribution in [2.45, 2.75) is 31.1 Å². The number of anilines is 2. The molecule has 0 bridgehead atoms. The second-order valence-electron chi connectivity index (χ2n) is 13.8. The number of rotatable bonds is 6. The lowest BCUT2D eigenvalue weighted by atomic mass is 9.49. The van der Waals surface area contributed by atoms with E-state index in [2.05, 4.69) is 21.4 Å². The Morgan fingerprint density at radius 3 is 2.27 bits per heavy atom. The van der Waals surface area contributed by atoms with Crippen molar-refractivity contribution in [2.75, 3.05) is 10.3 Å². The van der Waals surface area contributed by atoms with Crippen LogP contribution in [0, 0.1) is 30.6 Å². The Bertz CT molecular complexity index is 2240. The highest BCUT2D eigenvalue weighted by atomic mass is 79.9. The lowest BCUT2D eigenvalue weighted by molar-refractivity contribution is -0.138. The summed E-state index contributed by atoms with van der Waals surface area (Å²) in [5.41, 5.74) is 4.31. The molecule has 0 radical (unpaired) electrons. The highest BCUT2D eigenvalue weighted by Crippen LogP contribution is 2.65. The Morgan fingerprint density at radius 2 is 1.58 bits per heavy atom. The van der Waals surface area contributed by atoms with Crippen molar-refractivity contribution in [2.24, 2.45) is 23.7 Å². The molecule has 2 aliphatic carbocycles. The number of allylic oxidation sites excluding steroid dienone is 2. The first kappa shape index (κ1) is 33.4. The summed E-state index contributed by atoms with van der Waals surface area (Å²) in [6, 6.07) is 24.7. The normalized spacial score (nSPS) is 26.5. The minimum absolute atomic E-state index is 0.0321. The minimum atomic E-state index is -1.55. The van der Waals surface area contributed by atoms with Crippen molar-refractivity contribution in [1.29, 1.82) is 0 Å². The zero-order valence-electron chi connectivity index (χ0n) is 27.7. The van der Waals surface area contributed by atoms with Crippen LogP contribution in [0.15, 0.2) is 107 Å². The molecule has 0 spiro atoms. The second-order valence-corrected chi connectivity index (χ2v) is 14.7. The standard InChI is InChI=1S/C40H32BrN3O8/c1-20-7-10-23(11-8-20)42-44-36(48)30-19-28-25(14-15-27-33(28)37(49)43(35(27)47)24-12-13-26(38(50)51)32(46)18-24)34(29-17-22(41)9-16-31(29)45)40(30,39(44)52)21-5-3-2-4-6-21/h2-14,16-18,27-28,30,33-34,42,45-46H,15,19H2,1H3,(H,50,51)/t27-,28+,30-,33-,34+,40+/m0/s1. The molecule has 0 unspecified atom stereocenters. The quantitative estimate of drug-likeness (QED) is 0.135. The van der Waals surface area contributed by atoms with Gasteiger partial charge in [0.05, 0.1) is 34.5 Å². The van der Waals surface area contributed by atoms with E-state index in [0.717, 1.165) is 27.6 Å². The summed E-state index contributed by atoms with van der Waals surface area (Å²) in [5, 5.41) is 32.4. The van der Waals surface area contributed by atoms with Gasteiger partial charge in [0, 0.05) is 22.0 Å². The van der Waals surface area contributed by atoms with Crippen molar-refractivity contribution in [3.63, 3.8) is 0 Å². The number of hydrogen-bond acceptors (Lipinski definition) is 8. The number of carboxylic acids is 1. The first-order chi connectivity index (χ1) is 24.9. The van der Waals surface area contributed by atoms with Crippen molar-refractivity contribution in [3.8, 4) is 11.5 Å². The number of aromatic hydroxyl groups is 2. The third-order valence-electron chi connectivity index (χ3n) is 11.2. The van der Waals surface area contributed by atoms with Crippen molar-refractivity contribution in [1.82, 2.24) is 5.01 Å². The van der Waals surface area contributed by atoms with Crippen LogP contribution in [0.25, 0.3) is 0 Å². The van der Waals surface area contributed by atoms with Crippen LogP contribution in [0.3, 0.4) is 0 Å². The van der Waals surface area contributed by atoms with Gasteiger partial charge in [0.2, 0.25) is 11.8 Å². The minimum Gasteiger partial charge on any atom is -0.508 e. The predicted molar refractivity (Wildman–Crippen MR) is 192 cm³/mol. The van der Waals surface area contributed by atoms with E-state index in [4.69, 9.17) is 0 Å². The number of carbonyl (C=O) groups excluding carboxylic acids is 4. The first-order valence-electron chi connectivity index (χ1n) is 16.8. The SMILES string of the molecule is Cc1ccc(NN2C(=O)[C@@H]3C[C@@H]4C(=CC[C@@H]5C(=O)N(c6ccc(C(=O)O)c(O)c6)C(=O)[C@@H]54)[C@H](c4cc(Br)ccc4O)[C@]3(c3ccccc3)C2=O)cc1. The van der Waals surface area contributed by atoms with Crippen molar-refractivity contribution >= 4 is 56.9 Å². The van der Waals surface area contributed by atoms with Gasteiger partial charge in [-0.25, -0.2) is 9.69 Å². The van der Waals surface area contributed by atoms with Crippen LogP contribution in [-0.4, -0.2) is 49.9 Å². The number of benzene rings is 4. The molecule has 0 aromatic heterocycles. The Labute approximate surface area is 306 Å². The van der Waals surface area contributed by atoms with Crippen LogP contribution < -0.4 is 10.3 Å². The Kier molecular flexibility index (Phi) is 7.83. The fourth-order valence-corrected chi connectivity index (χ4v) is 9.32. The van der Waals surface area contributed by atoms with E-state index in [1.54, 1.807) is 48.5 Å². The van der Waals surface area contributed by atoms with E-state index in [9.17, 15) is 34.5 Å². The molecule has 4 aromatic rings. The number of amides is 4. The maximum atomic E-state index is 15.2. The third-order valence-corrected chi connectivity index (χ3v) is 11.7. The molecule has 1 saturated carbocycles. The lowest BCUT2D eigenvalue weighted by Crippen LogP contribution is -2.53. The average molecular weight is 763 g/mol. The Morgan fingerprint density at radius 1 is 0.846 bits per heavy atom. The first-order valence-corrected chi connectivity index (χ1v) is 17.6. The highest BCUT2D eigenvalue weighted by molar-refractivity contribution is 9.10. The molecule has 262 valence electrons. The summed E-state index contributed by atoms with van der Waals surface area (Å²) in [6.45, 7) is 1.93. The number of hydrazine groups is 1. The molecule has 3 fully saturated rings. The number of carboxylic acid groups (broad SMARTS) is 1. The molecule has 4 amide bonds. The number of imide groups is 2. The van der Waals surface area contributed by atoms with Crippen LogP contribution in [0.5, 0.6) is 11.5 Å². The van der Waals surface area contributed by atoms with Gasteiger partial charge in [-0.15, -0.1) is 0 Å². The van der Waals surface area contributed by atoms with Gasteiger partial charge in [0.1, 0.15) is 17.1 Å². The van der Waals surface area contributed by atoms with Crippen LogP contribution in [0.4, 0.5) is 11.4 Å². The van der Waals surface area contributed by atoms with Gasteiger partial charge in [-0.05, 0) is 73.7 Å². The molecule has 4 aromatic carbocycles. The van der Waals surface area contributed by atoms with E-state index in [-0.39, 0.29) is 29.8 Å². The topological polar surface area (TPSA) is 165 Å². The molecule has 2 saturated heterocycles. The molecular weight excluding hydrogens is 730 g/mol. The molecule has 2 heterocycles. The number of carbonyl (C=O) groups is 5. The Balaban J connectivity index is 1.30. The number of fused-ring (bicyclic) bond motifs is 4. The summed E-state index contributed by atoms with van der Waals surface area (Å²) >= 11 is 3.53. The van der Waals surface area contributed by atoms with Crippen molar-refractivity contribution in [3.05, 3.63) is 129 Å². The highest BCUT2D eigenvalue weighted by Gasteiger charge is 2.70. The smallest absolute Gasteiger partial charge is 0.339 e.